The molecule has 0 aliphatic carbocycles. The molecular formula is C8H14INO6S3. The first-order chi connectivity index (χ1) is 8.50. The quantitative estimate of drug-likeness (QED) is 0.411. The molecule has 0 saturated heterocycles. The summed E-state index contributed by atoms with van der Waals surface area (Å²) < 4.78 is 55.1. The highest BCUT2D eigenvalue weighted by atomic mass is 127. The van der Waals surface area contributed by atoms with Crippen molar-refractivity contribution in [3.05, 3.63) is 16.1 Å². The maximum Gasteiger partial charge on any atom is 0.284 e. The van der Waals surface area contributed by atoms with E-state index in [4.69, 9.17) is 9.11 Å². The number of nitrogens with zero attached hydrogens (tertiary/aromatic N) is 1. The van der Waals surface area contributed by atoms with Gasteiger partial charge in [0.15, 0.2) is 0 Å². The predicted molar refractivity (Wildman–Crippen MR) is 82.0 cm³/mol. The van der Waals surface area contributed by atoms with E-state index >= 15 is 0 Å². The number of halogens is 1. The van der Waals surface area contributed by atoms with Crippen molar-refractivity contribution in [2.75, 3.05) is 4.43 Å². The lowest BCUT2D eigenvalue weighted by molar-refractivity contribution is 0.458. The smallest absolute Gasteiger partial charge is 0.284 e. The molecule has 0 fully saturated rings. The molecule has 0 unspecified atom stereocenters. The lowest BCUT2D eigenvalue weighted by atomic mass is 10.3. The molecule has 0 aromatic carbocycles. The third-order valence-corrected chi connectivity index (χ3v) is 6.68. The minimum absolute atomic E-state index is 0.657. The molecule has 1 heterocycles. The zero-order valence-corrected chi connectivity index (χ0v) is 14.8. The normalized spacial score (nSPS) is 12.1. The van der Waals surface area contributed by atoms with Gasteiger partial charge in [-0.05, 0) is 20.3 Å². The molecule has 0 saturated carbocycles. The van der Waals surface area contributed by atoms with E-state index in [1.165, 1.54) is 21.4 Å². The van der Waals surface area contributed by atoms with Crippen molar-refractivity contribution < 1.29 is 25.9 Å². The van der Waals surface area contributed by atoms with Crippen molar-refractivity contribution in [3.63, 3.8) is 0 Å². The van der Waals surface area contributed by atoms with Crippen LogP contribution in [-0.4, -0.2) is 39.9 Å². The summed E-state index contributed by atoms with van der Waals surface area (Å²) in [6, 6.07) is 0. The van der Waals surface area contributed by atoms with E-state index < -0.39 is 24.8 Å². The maximum atomic E-state index is 9.99. The fraction of sp³-hybridized carbons (Fsp3) is 0.625. The molecule has 1 aromatic heterocycles. The Hall–Kier alpha value is 0.180. The van der Waals surface area contributed by atoms with Crippen LogP contribution in [-0.2, 0) is 26.7 Å². The average molecular weight is 443 g/mol. The van der Waals surface area contributed by atoms with Gasteiger partial charge >= 0.3 is 0 Å². The highest BCUT2D eigenvalue weighted by molar-refractivity contribution is 14.1. The average Bonchev–Trinajstić information content (AvgIpc) is 2.62. The SMILES string of the molecule is CC(S(=O)(=O)O)S(=O)(=O)O.Cc1ncsc1CCI. The van der Waals surface area contributed by atoms with Crippen molar-refractivity contribution in [3.8, 4) is 0 Å². The highest BCUT2D eigenvalue weighted by Gasteiger charge is 2.29. The monoisotopic (exact) mass is 443 g/mol. The second-order valence-corrected chi connectivity index (χ2v) is 9.19. The number of aryl methyl sites for hydroxylation is 2. The van der Waals surface area contributed by atoms with E-state index in [0.717, 1.165) is 0 Å². The summed E-state index contributed by atoms with van der Waals surface area (Å²) in [5.74, 6) is 0. The minimum Gasteiger partial charge on any atom is -0.284 e. The predicted octanol–water partition coefficient (Wildman–Crippen LogP) is 1.54. The summed E-state index contributed by atoms with van der Waals surface area (Å²) in [4.78, 5) is 5.59. The summed E-state index contributed by atoms with van der Waals surface area (Å²) in [5, 5.41) is 0. The molecule has 1 aromatic rings. The Morgan fingerprint density at radius 3 is 2.00 bits per heavy atom. The summed E-state index contributed by atoms with van der Waals surface area (Å²) in [6.45, 7) is 2.72. The molecule has 19 heavy (non-hydrogen) atoms. The van der Waals surface area contributed by atoms with Crippen LogP contribution in [0.1, 0.15) is 17.5 Å². The third-order valence-electron chi connectivity index (χ3n) is 2.01. The number of thiazole rings is 1. The van der Waals surface area contributed by atoms with Gasteiger partial charge < -0.3 is 0 Å². The van der Waals surface area contributed by atoms with E-state index in [1.807, 2.05) is 5.51 Å². The van der Waals surface area contributed by atoms with E-state index in [-0.39, 0.29) is 0 Å². The topological polar surface area (TPSA) is 122 Å². The first-order valence-corrected chi connectivity index (χ1v) is 10.3. The molecule has 0 atom stereocenters. The van der Waals surface area contributed by atoms with Gasteiger partial charge in [-0.25, -0.2) is 4.98 Å². The van der Waals surface area contributed by atoms with E-state index in [2.05, 4.69) is 34.5 Å². The van der Waals surface area contributed by atoms with Crippen molar-refractivity contribution in [2.24, 2.45) is 0 Å². The van der Waals surface area contributed by atoms with Gasteiger partial charge in [-0.2, -0.15) is 16.8 Å². The second kappa shape index (κ2) is 7.83. The number of rotatable bonds is 4. The van der Waals surface area contributed by atoms with Crippen LogP contribution in [0.5, 0.6) is 0 Å². The first kappa shape index (κ1) is 19.2. The molecule has 0 spiro atoms. The van der Waals surface area contributed by atoms with Crippen molar-refractivity contribution >= 4 is 54.2 Å². The van der Waals surface area contributed by atoms with Crippen LogP contribution in [0, 0.1) is 6.92 Å². The summed E-state index contributed by atoms with van der Waals surface area (Å²) in [6.07, 6.45) is 1.18. The van der Waals surface area contributed by atoms with Crippen LogP contribution >= 0.6 is 33.9 Å². The zero-order chi connectivity index (χ0) is 15.3. The van der Waals surface area contributed by atoms with Crippen LogP contribution < -0.4 is 0 Å². The summed E-state index contributed by atoms with van der Waals surface area (Å²) in [5.41, 5.74) is 3.12. The molecular weight excluding hydrogens is 429 g/mol. The largest absolute Gasteiger partial charge is 0.284 e. The highest BCUT2D eigenvalue weighted by Crippen LogP contribution is 2.13. The number of hydrogen-bond acceptors (Lipinski definition) is 6. The van der Waals surface area contributed by atoms with Gasteiger partial charge in [0.1, 0.15) is 0 Å². The van der Waals surface area contributed by atoms with Gasteiger partial charge in [-0.1, -0.05) is 22.6 Å². The van der Waals surface area contributed by atoms with Crippen molar-refractivity contribution in [1.82, 2.24) is 4.98 Å². The number of aromatic nitrogens is 1. The van der Waals surface area contributed by atoms with Crippen LogP contribution in [0.3, 0.4) is 0 Å². The van der Waals surface area contributed by atoms with Crippen LogP contribution in [0.4, 0.5) is 0 Å². The first-order valence-electron chi connectivity index (χ1n) is 4.87. The summed E-state index contributed by atoms with van der Waals surface area (Å²) in [7, 11) is -9.40. The van der Waals surface area contributed by atoms with Crippen LogP contribution in [0.2, 0.25) is 0 Å². The molecule has 2 N–H and O–H groups in total. The molecule has 112 valence electrons. The molecule has 11 heteroatoms. The van der Waals surface area contributed by atoms with Gasteiger partial charge in [-0.15, -0.1) is 11.3 Å². The van der Waals surface area contributed by atoms with Crippen LogP contribution in [0.15, 0.2) is 5.51 Å². The fourth-order valence-electron chi connectivity index (χ4n) is 0.806. The molecule has 0 radical (unpaired) electrons. The van der Waals surface area contributed by atoms with Crippen molar-refractivity contribution in [2.45, 2.75) is 24.9 Å². The van der Waals surface area contributed by atoms with Gasteiger partial charge in [0.2, 0.25) is 4.58 Å². The third kappa shape index (κ3) is 7.51. The van der Waals surface area contributed by atoms with Gasteiger partial charge in [-0.3, -0.25) is 9.11 Å². The maximum absolute atomic E-state index is 9.99. The van der Waals surface area contributed by atoms with E-state index in [1.54, 1.807) is 11.3 Å². The Balaban J connectivity index is 0.000000342. The number of alkyl halides is 1. The molecule has 0 amide bonds. The lowest BCUT2D eigenvalue weighted by Gasteiger charge is -2.01. The van der Waals surface area contributed by atoms with Crippen LogP contribution in [0.25, 0.3) is 0 Å². The van der Waals surface area contributed by atoms with Gasteiger partial charge in [0.05, 0.1) is 11.2 Å². The fourth-order valence-corrected chi connectivity index (χ4v) is 3.72. The Morgan fingerprint density at radius 2 is 1.79 bits per heavy atom. The molecule has 0 aliphatic rings. The standard InChI is InChI=1S/C6H8INS.C2H6O6S2/c1-5-6(2-3-7)9-4-8-5;1-2(9(3,4)5)10(6,7)8/h4H,2-3H2,1H3;2H,1H3,(H,3,4,5)(H,6,7,8). The molecule has 7 nitrogen and oxygen atoms in total. The summed E-state index contributed by atoms with van der Waals surface area (Å²) >= 11 is 4.14. The molecule has 1 rings (SSSR count). The van der Waals surface area contributed by atoms with Gasteiger partial charge in [0, 0.05) is 9.30 Å². The lowest BCUT2D eigenvalue weighted by Crippen LogP contribution is -2.25. The number of hydrogen-bond donors (Lipinski definition) is 2. The van der Waals surface area contributed by atoms with E-state index in [0.29, 0.717) is 6.92 Å². The minimum atomic E-state index is -4.70. The Kier molecular flexibility index (Phi) is 7.90. The zero-order valence-electron chi connectivity index (χ0n) is 10.1. The second-order valence-electron chi connectivity index (χ2n) is 3.40. The van der Waals surface area contributed by atoms with Crippen molar-refractivity contribution in [1.29, 1.82) is 0 Å². The Morgan fingerprint density at radius 1 is 1.32 bits per heavy atom. The van der Waals surface area contributed by atoms with E-state index in [9.17, 15) is 16.8 Å². The Labute approximate surface area is 130 Å². The molecule has 0 bridgehead atoms. The Bertz CT molecular complexity index is 562. The van der Waals surface area contributed by atoms with Gasteiger partial charge in [0.25, 0.3) is 20.2 Å². The molecule has 0 aliphatic heterocycles.